The minimum Gasteiger partial charge on any atom is -0.221 e. The van der Waals surface area contributed by atoms with E-state index in [1.54, 1.807) is 0 Å². The molecule has 0 spiro atoms. The molecule has 0 aliphatic heterocycles. The third kappa shape index (κ3) is 2.95. The Balaban J connectivity index is 6.37. The Morgan fingerprint density at radius 2 is 0.471 bits per heavy atom. The lowest BCUT2D eigenvalue weighted by Crippen LogP contribution is -2.46. The van der Waals surface area contributed by atoms with E-state index in [2.05, 4.69) is 75.1 Å². The van der Waals surface area contributed by atoms with Gasteiger partial charge >= 0.3 is 0 Å². The van der Waals surface area contributed by atoms with E-state index < -0.39 is 40.1 Å². The number of hydrogen-bond donors (Lipinski definition) is 0. The monoisotopic (exact) mass is 320 g/mol. The van der Waals surface area contributed by atoms with Crippen molar-refractivity contribution in [2.45, 2.75) is 2.74 Å². The second-order valence-electron chi connectivity index (χ2n) is 7.85. The maximum atomic E-state index is 2.56. The fourth-order valence-electron chi connectivity index (χ4n) is 4.50. The first kappa shape index (κ1) is 18.4. The summed E-state index contributed by atoms with van der Waals surface area (Å²) >= 11 is 0. The van der Waals surface area contributed by atoms with Gasteiger partial charge in [0.1, 0.15) is 0 Å². The molecular weight excluding hydrogens is 284 g/mol. The van der Waals surface area contributed by atoms with Gasteiger partial charge in [0.25, 0.3) is 0 Å². The summed E-state index contributed by atoms with van der Waals surface area (Å²) in [5.41, 5.74) is 0. The van der Waals surface area contributed by atoms with Crippen molar-refractivity contribution < 1.29 is 0 Å². The molecule has 0 aliphatic rings. The average Bonchev–Trinajstić information content (AvgIpc) is 1.67. The summed E-state index contributed by atoms with van der Waals surface area (Å²) in [4.78, 5) is 0. The van der Waals surface area contributed by atoms with E-state index in [-0.39, 0.29) is 0 Å². The van der Waals surface area contributed by atoms with Crippen molar-refractivity contribution in [3.05, 3.63) is 0 Å². The lowest BCUT2D eigenvalue weighted by Gasteiger charge is -2.74. The first-order chi connectivity index (χ1) is 7.00. The van der Waals surface area contributed by atoms with Gasteiger partial charge in [0, 0.05) is 0 Å². The minimum atomic E-state index is -0.589. The molecule has 0 aromatic heterocycles. The highest BCUT2D eigenvalue weighted by Crippen LogP contribution is 2.91. The zero-order valence-corrected chi connectivity index (χ0v) is 17.4. The maximum absolute atomic E-state index is 2.56. The van der Waals surface area contributed by atoms with Gasteiger partial charge in [-0.2, -0.15) is 0 Å². The van der Waals surface area contributed by atoms with Crippen molar-refractivity contribution in [2.75, 3.05) is 75.1 Å². The number of hydrogen-bond acceptors (Lipinski definition) is 0. The molecule has 0 bridgehead atoms. The molecule has 0 N–H and O–H groups in total. The summed E-state index contributed by atoms with van der Waals surface area (Å²) < 4.78 is 0.583. The SMILES string of the molecule is CS(C)(C)C(S(C)(C)C)(S(C)(C)C)S(C)(C)C. The van der Waals surface area contributed by atoms with Gasteiger partial charge in [-0.15, -0.1) is 0 Å². The zero-order valence-electron chi connectivity index (χ0n) is 14.1. The Kier molecular flexibility index (Phi) is 5.14. The van der Waals surface area contributed by atoms with Crippen LogP contribution in [0.3, 0.4) is 0 Å². The van der Waals surface area contributed by atoms with Crippen molar-refractivity contribution in [3.63, 3.8) is 0 Å². The molecule has 0 heterocycles. The number of rotatable bonds is 4. The smallest absolute Gasteiger partial charge is 0.0899 e. The fraction of sp³-hybridized carbons (Fsp3) is 1.00. The van der Waals surface area contributed by atoms with E-state index in [1.807, 2.05) is 0 Å². The molecule has 0 unspecified atom stereocenters. The van der Waals surface area contributed by atoms with Gasteiger partial charge in [-0.1, -0.05) is 0 Å². The second kappa shape index (κ2) is 4.75. The first-order valence-electron chi connectivity index (χ1n) is 5.72. The lowest BCUT2D eigenvalue weighted by atomic mass is 11.7. The summed E-state index contributed by atoms with van der Waals surface area (Å²) in [5.74, 6) is 0. The molecule has 4 heteroatoms. The molecule has 0 atom stereocenters. The normalized spacial score (nSPS) is 20.0. The minimum absolute atomic E-state index is 0.583. The van der Waals surface area contributed by atoms with Crippen molar-refractivity contribution in [1.29, 1.82) is 0 Å². The van der Waals surface area contributed by atoms with Crippen LogP contribution in [-0.2, 0) is 0 Å². The van der Waals surface area contributed by atoms with Crippen LogP contribution >= 0.6 is 40.1 Å². The zero-order chi connectivity index (χ0) is 14.5. The predicted octanol–water partition coefficient (Wildman–Crippen LogP) is 4.37. The largest absolute Gasteiger partial charge is 0.221 e. The van der Waals surface area contributed by atoms with Gasteiger partial charge in [0.05, 0.1) is 2.74 Å². The van der Waals surface area contributed by atoms with E-state index in [0.29, 0.717) is 2.74 Å². The molecule has 0 amide bonds. The molecule has 0 nitrogen and oxygen atoms in total. The third-order valence-corrected chi connectivity index (χ3v) is 27.0. The summed E-state index contributed by atoms with van der Waals surface area (Å²) in [7, 11) is -2.35. The Bertz CT molecular complexity index is 206. The summed E-state index contributed by atoms with van der Waals surface area (Å²) in [6.07, 6.45) is 30.7. The van der Waals surface area contributed by atoms with E-state index in [0.717, 1.165) is 0 Å². The van der Waals surface area contributed by atoms with Crippen LogP contribution in [0.4, 0.5) is 0 Å². The Hall–Kier alpha value is 1.40. The first-order valence-corrected chi connectivity index (χ1v) is 17.1. The van der Waals surface area contributed by atoms with Crippen molar-refractivity contribution >= 4 is 40.1 Å². The van der Waals surface area contributed by atoms with Gasteiger partial charge in [-0.3, -0.25) is 0 Å². The van der Waals surface area contributed by atoms with E-state index in [9.17, 15) is 0 Å². The Morgan fingerprint density at radius 3 is 0.471 bits per heavy atom. The molecule has 17 heavy (non-hydrogen) atoms. The molecule has 0 radical (unpaired) electrons. The van der Waals surface area contributed by atoms with Crippen LogP contribution in [0, 0.1) is 0 Å². The van der Waals surface area contributed by atoms with Gasteiger partial charge < -0.3 is 0 Å². The second-order valence-corrected chi connectivity index (χ2v) is 26.5. The van der Waals surface area contributed by atoms with Crippen LogP contribution in [0.25, 0.3) is 0 Å². The van der Waals surface area contributed by atoms with Crippen LogP contribution < -0.4 is 0 Å². The maximum Gasteiger partial charge on any atom is 0.0899 e. The molecule has 112 valence electrons. The Labute approximate surface area is 117 Å². The summed E-state index contributed by atoms with van der Waals surface area (Å²) in [6.45, 7) is 0. The van der Waals surface area contributed by atoms with Crippen LogP contribution in [0.2, 0.25) is 0 Å². The fourth-order valence-corrected chi connectivity index (χ4v) is 40.5. The summed E-state index contributed by atoms with van der Waals surface area (Å²) in [6, 6.07) is 0. The highest BCUT2D eigenvalue weighted by atomic mass is 32.4. The molecule has 0 aromatic rings. The predicted molar refractivity (Wildman–Crippen MR) is 104 cm³/mol. The van der Waals surface area contributed by atoms with Gasteiger partial charge in [-0.05, 0) is 75.1 Å². The molecule has 0 saturated carbocycles. The van der Waals surface area contributed by atoms with Crippen LogP contribution in [0.5, 0.6) is 0 Å². The van der Waals surface area contributed by atoms with Gasteiger partial charge in [0.15, 0.2) is 0 Å². The van der Waals surface area contributed by atoms with Crippen LogP contribution in [0.1, 0.15) is 0 Å². The molecule has 0 saturated heterocycles. The average molecular weight is 321 g/mol. The molecule has 0 aliphatic carbocycles. The van der Waals surface area contributed by atoms with Crippen LogP contribution in [-0.4, -0.2) is 77.8 Å². The van der Waals surface area contributed by atoms with Crippen molar-refractivity contribution in [1.82, 2.24) is 0 Å². The quantitative estimate of drug-likeness (QED) is 0.721. The topological polar surface area (TPSA) is 0 Å². The van der Waals surface area contributed by atoms with Crippen molar-refractivity contribution in [2.24, 2.45) is 0 Å². The van der Waals surface area contributed by atoms with Gasteiger partial charge in [-0.25, -0.2) is 40.1 Å². The highest BCUT2D eigenvalue weighted by Gasteiger charge is 2.57. The standard InChI is InChI=1S/C13H36S4/c1-14(2,3)13(15(4,5)6,16(7,8)9)17(10,11)12/h1-12H3. The lowest BCUT2D eigenvalue weighted by molar-refractivity contribution is 1.58. The van der Waals surface area contributed by atoms with Gasteiger partial charge in [0.2, 0.25) is 0 Å². The van der Waals surface area contributed by atoms with E-state index >= 15 is 0 Å². The third-order valence-electron chi connectivity index (χ3n) is 3.00. The molecule has 0 aromatic carbocycles. The van der Waals surface area contributed by atoms with E-state index in [4.69, 9.17) is 0 Å². The van der Waals surface area contributed by atoms with Crippen molar-refractivity contribution in [3.8, 4) is 0 Å². The molecular formula is C13H36S4. The van der Waals surface area contributed by atoms with E-state index in [1.165, 1.54) is 0 Å². The summed E-state index contributed by atoms with van der Waals surface area (Å²) in [5, 5.41) is 0. The van der Waals surface area contributed by atoms with Crippen LogP contribution in [0.15, 0.2) is 0 Å². The highest BCUT2D eigenvalue weighted by molar-refractivity contribution is 8.76. The molecule has 0 rings (SSSR count). The molecule has 0 fully saturated rings. The Morgan fingerprint density at radius 1 is 0.353 bits per heavy atom.